The van der Waals surface area contributed by atoms with E-state index >= 15 is 0 Å². The predicted octanol–water partition coefficient (Wildman–Crippen LogP) is 2.72. The number of hydrogen-bond donors (Lipinski definition) is 2. The zero-order valence-corrected chi connectivity index (χ0v) is 18.0. The highest BCUT2D eigenvalue weighted by Crippen LogP contribution is 2.28. The van der Waals surface area contributed by atoms with Crippen LogP contribution in [0.25, 0.3) is 0 Å². The largest absolute Gasteiger partial charge is 0.379 e. The molecule has 1 aromatic rings. The highest BCUT2D eigenvalue weighted by Gasteiger charge is 2.23. The second-order valence-electron chi connectivity index (χ2n) is 7.20. The molecule has 1 atom stereocenters. The summed E-state index contributed by atoms with van der Waals surface area (Å²) in [6, 6.07) is 4.78. The van der Waals surface area contributed by atoms with Gasteiger partial charge in [-0.25, -0.2) is 0 Å². The summed E-state index contributed by atoms with van der Waals surface area (Å²) < 4.78 is 10.9. The number of nitrogens with one attached hydrogen (secondary N) is 2. The van der Waals surface area contributed by atoms with Crippen LogP contribution in [0.3, 0.4) is 0 Å². The molecule has 6 nitrogen and oxygen atoms in total. The first kappa shape index (κ1) is 21.3. The lowest BCUT2D eigenvalue weighted by molar-refractivity contribution is 0.0186. The number of nitrogens with zero attached hydrogens (tertiary/aromatic N) is 2. The van der Waals surface area contributed by atoms with Gasteiger partial charge in [-0.15, -0.1) is 11.3 Å². The van der Waals surface area contributed by atoms with E-state index in [-0.39, 0.29) is 0 Å². The lowest BCUT2D eigenvalue weighted by Crippen LogP contribution is -2.41. The number of guanidine groups is 1. The summed E-state index contributed by atoms with van der Waals surface area (Å²) in [4.78, 5) is 10.2. The summed E-state index contributed by atoms with van der Waals surface area (Å²) in [5.41, 5.74) is 1.48. The van der Waals surface area contributed by atoms with Crippen molar-refractivity contribution in [1.82, 2.24) is 15.5 Å². The molecule has 3 heterocycles. The van der Waals surface area contributed by atoms with Crippen molar-refractivity contribution in [2.45, 2.75) is 32.7 Å². The van der Waals surface area contributed by atoms with Crippen LogP contribution in [-0.4, -0.2) is 70.0 Å². The van der Waals surface area contributed by atoms with Crippen LogP contribution in [0.2, 0.25) is 0 Å². The van der Waals surface area contributed by atoms with Crippen LogP contribution < -0.4 is 10.6 Å². The number of thiophene rings is 1. The van der Waals surface area contributed by atoms with Gasteiger partial charge in [0.1, 0.15) is 0 Å². The standard InChI is InChI=1S/C21H34N4O2S/c1-3-22-21(23-9-6-18-7-12-26-13-8-18)24-16-19(20-5-4-17(2)28-20)25-10-14-27-15-11-25/h4-5,7,19H,3,6,8-16H2,1-2H3,(H2,22,23,24). The van der Waals surface area contributed by atoms with E-state index < -0.39 is 0 Å². The molecule has 156 valence electrons. The topological polar surface area (TPSA) is 58.1 Å². The summed E-state index contributed by atoms with van der Waals surface area (Å²) in [5.74, 6) is 0.904. The second-order valence-corrected chi connectivity index (χ2v) is 8.52. The van der Waals surface area contributed by atoms with E-state index in [4.69, 9.17) is 14.5 Å². The van der Waals surface area contributed by atoms with Crippen molar-refractivity contribution in [1.29, 1.82) is 0 Å². The quantitative estimate of drug-likeness (QED) is 0.395. The predicted molar refractivity (Wildman–Crippen MR) is 116 cm³/mol. The summed E-state index contributed by atoms with van der Waals surface area (Å²) in [5, 5.41) is 6.89. The molecule has 2 aliphatic heterocycles. The first-order valence-corrected chi connectivity index (χ1v) is 11.2. The Morgan fingerprint density at radius 2 is 2.07 bits per heavy atom. The van der Waals surface area contributed by atoms with Gasteiger partial charge in [-0.2, -0.15) is 0 Å². The van der Waals surface area contributed by atoms with Gasteiger partial charge in [-0.1, -0.05) is 11.6 Å². The molecular formula is C21H34N4O2S. The Hall–Kier alpha value is -1.41. The minimum Gasteiger partial charge on any atom is -0.379 e. The zero-order valence-electron chi connectivity index (χ0n) is 17.2. The van der Waals surface area contributed by atoms with Gasteiger partial charge in [-0.3, -0.25) is 9.89 Å². The summed E-state index contributed by atoms with van der Waals surface area (Å²) >= 11 is 1.88. The normalized spacial score (nSPS) is 19.9. The molecule has 0 aliphatic carbocycles. The second kappa shape index (κ2) is 11.6. The van der Waals surface area contributed by atoms with Crippen LogP contribution in [-0.2, 0) is 9.47 Å². The van der Waals surface area contributed by atoms with Crippen LogP contribution in [0.15, 0.2) is 28.8 Å². The SMILES string of the molecule is CCNC(=NCC(c1ccc(C)s1)N1CCOCC1)NCCC1=CCOCC1. The van der Waals surface area contributed by atoms with E-state index in [9.17, 15) is 0 Å². The van der Waals surface area contributed by atoms with Crippen LogP contribution in [0.5, 0.6) is 0 Å². The number of ether oxygens (including phenoxy) is 2. The van der Waals surface area contributed by atoms with Gasteiger partial charge in [0.25, 0.3) is 0 Å². The van der Waals surface area contributed by atoms with Crippen molar-refractivity contribution in [3.8, 4) is 0 Å². The fourth-order valence-electron chi connectivity index (χ4n) is 3.56. The van der Waals surface area contributed by atoms with E-state index in [0.29, 0.717) is 6.04 Å². The van der Waals surface area contributed by atoms with Crippen molar-refractivity contribution < 1.29 is 9.47 Å². The highest BCUT2D eigenvalue weighted by molar-refractivity contribution is 7.12. The smallest absolute Gasteiger partial charge is 0.191 e. The van der Waals surface area contributed by atoms with Gasteiger partial charge < -0.3 is 20.1 Å². The maximum Gasteiger partial charge on any atom is 0.191 e. The van der Waals surface area contributed by atoms with Gasteiger partial charge in [0.05, 0.1) is 39.0 Å². The first-order valence-electron chi connectivity index (χ1n) is 10.4. The monoisotopic (exact) mass is 406 g/mol. The Morgan fingerprint density at radius 3 is 2.75 bits per heavy atom. The van der Waals surface area contributed by atoms with Gasteiger partial charge >= 0.3 is 0 Å². The van der Waals surface area contributed by atoms with Crippen molar-refractivity contribution >= 4 is 17.3 Å². The molecule has 1 aromatic heterocycles. The van der Waals surface area contributed by atoms with E-state index in [1.807, 2.05) is 11.3 Å². The number of aliphatic imine (C=N–C) groups is 1. The molecule has 2 N–H and O–H groups in total. The zero-order chi connectivity index (χ0) is 19.6. The molecule has 1 fully saturated rings. The molecular weight excluding hydrogens is 372 g/mol. The maximum atomic E-state index is 5.55. The van der Waals surface area contributed by atoms with Crippen molar-refractivity contribution in [2.75, 3.05) is 59.2 Å². The Labute approximate surface area is 173 Å². The van der Waals surface area contributed by atoms with Gasteiger partial charge in [0.2, 0.25) is 0 Å². The number of morpholine rings is 1. The fourth-order valence-corrected chi connectivity index (χ4v) is 4.56. The third kappa shape index (κ3) is 6.58. The van der Waals surface area contributed by atoms with E-state index in [0.717, 1.165) is 78.0 Å². The molecule has 7 heteroatoms. The molecule has 0 saturated carbocycles. The van der Waals surface area contributed by atoms with E-state index in [2.05, 4.69) is 47.6 Å². The van der Waals surface area contributed by atoms with E-state index in [1.165, 1.54) is 15.3 Å². The third-order valence-corrected chi connectivity index (χ3v) is 6.24. The average molecular weight is 407 g/mol. The molecule has 0 amide bonds. The molecule has 0 aromatic carbocycles. The van der Waals surface area contributed by atoms with Gasteiger partial charge in [-0.05, 0) is 38.8 Å². The van der Waals surface area contributed by atoms with Crippen molar-refractivity contribution in [2.24, 2.45) is 4.99 Å². The lowest BCUT2D eigenvalue weighted by Gasteiger charge is -2.33. The first-order chi connectivity index (χ1) is 13.8. The Balaban J connectivity index is 1.60. The van der Waals surface area contributed by atoms with Crippen molar-refractivity contribution in [3.05, 3.63) is 33.5 Å². The Kier molecular flexibility index (Phi) is 8.79. The molecule has 28 heavy (non-hydrogen) atoms. The average Bonchev–Trinajstić information content (AvgIpc) is 3.16. The minimum atomic E-state index is 0.316. The molecule has 2 aliphatic rings. The van der Waals surface area contributed by atoms with Crippen LogP contribution >= 0.6 is 11.3 Å². The van der Waals surface area contributed by atoms with Gasteiger partial charge in [0.15, 0.2) is 5.96 Å². The molecule has 0 radical (unpaired) electrons. The molecule has 0 bridgehead atoms. The molecule has 1 saturated heterocycles. The summed E-state index contributed by atoms with van der Waals surface area (Å²) in [6.45, 7) is 12.0. The molecule has 3 rings (SSSR count). The third-order valence-electron chi connectivity index (χ3n) is 5.14. The molecule has 0 spiro atoms. The highest BCUT2D eigenvalue weighted by atomic mass is 32.1. The fraction of sp³-hybridized carbons (Fsp3) is 0.667. The lowest BCUT2D eigenvalue weighted by atomic mass is 10.1. The van der Waals surface area contributed by atoms with Crippen LogP contribution in [0, 0.1) is 6.92 Å². The number of aryl methyl sites for hydroxylation is 1. The number of hydrogen-bond acceptors (Lipinski definition) is 5. The minimum absolute atomic E-state index is 0.316. The van der Waals surface area contributed by atoms with Gasteiger partial charge in [0, 0.05) is 35.9 Å². The maximum absolute atomic E-state index is 5.55. The summed E-state index contributed by atoms with van der Waals surface area (Å²) in [6.07, 6.45) is 4.31. The van der Waals surface area contributed by atoms with E-state index in [1.54, 1.807) is 0 Å². The Bertz CT molecular complexity index is 653. The molecule has 1 unspecified atom stereocenters. The van der Waals surface area contributed by atoms with Crippen LogP contribution in [0.4, 0.5) is 0 Å². The van der Waals surface area contributed by atoms with Crippen molar-refractivity contribution in [3.63, 3.8) is 0 Å². The number of rotatable bonds is 8. The van der Waals surface area contributed by atoms with Crippen LogP contribution in [0.1, 0.15) is 35.6 Å². The Morgan fingerprint density at radius 1 is 1.21 bits per heavy atom. The summed E-state index contributed by atoms with van der Waals surface area (Å²) in [7, 11) is 0.